The van der Waals surface area contributed by atoms with Crippen molar-refractivity contribution in [3.63, 3.8) is 0 Å². The molecule has 1 unspecified atom stereocenters. The highest BCUT2D eigenvalue weighted by molar-refractivity contribution is 5.68. The molecule has 2 heterocycles. The number of nitrogens with zero attached hydrogens (tertiary/aromatic N) is 2. The van der Waals surface area contributed by atoms with Gasteiger partial charge in [0.15, 0.2) is 0 Å². The molecule has 2 fully saturated rings. The van der Waals surface area contributed by atoms with Gasteiger partial charge in [-0.2, -0.15) is 0 Å². The molecule has 1 aromatic rings. The first-order valence-electron chi connectivity index (χ1n) is 9.81. The van der Waals surface area contributed by atoms with Crippen LogP contribution in [0, 0.1) is 0 Å². The molecular weight excluding hydrogens is 344 g/mol. The van der Waals surface area contributed by atoms with Gasteiger partial charge < -0.3 is 19.1 Å². The van der Waals surface area contributed by atoms with E-state index in [2.05, 4.69) is 29.2 Å². The molecule has 0 aliphatic carbocycles. The number of amides is 1. The third-order valence-corrected chi connectivity index (χ3v) is 4.92. The van der Waals surface area contributed by atoms with Gasteiger partial charge in [0.25, 0.3) is 0 Å². The fourth-order valence-electron chi connectivity index (χ4n) is 3.70. The molecule has 0 radical (unpaired) electrons. The van der Waals surface area contributed by atoms with Crippen LogP contribution in [0.15, 0.2) is 30.3 Å². The Hall–Kier alpha value is -1.63. The van der Waals surface area contributed by atoms with Crippen LogP contribution in [0.3, 0.4) is 0 Å². The second kappa shape index (κ2) is 8.59. The highest BCUT2D eigenvalue weighted by atomic mass is 16.6. The Morgan fingerprint density at radius 2 is 1.89 bits per heavy atom. The predicted molar refractivity (Wildman–Crippen MR) is 104 cm³/mol. The predicted octanol–water partition coefficient (Wildman–Crippen LogP) is 2.92. The van der Waals surface area contributed by atoms with Crippen molar-refractivity contribution in [1.82, 2.24) is 9.80 Å². The van der Waals surface area contributed by atoms with Crippen LogP contribution in [0.2, 0.25) is 0 Å². The Bertz CT molecular complexity index is 616. The first-order chi connectivity index (χ1) is 12.9. The van der Waals surface area contributed by atoms with Gasteiger partial charge in [-0.05, 0) is 32.8 Å². The maximum Gasteiger partial charge on any atom is 0.410 e. The second-order valence-corrected chi connectivity index (χ2v) is 8.49. The molecule has 1 spiro atoms. The van der Waals surface area contributed by atoms with Gasteiger partial charge in [0.1, 0.15) is 5.60 Å². The minimum atomic E-state index is -0.514. The quantitative estimate of drug-likeness (QED) is 0.794. The zero-order valence-electron chi connectivity index (χ0n) is 16.8. The molecule has 6 heteroatoms. The lowest BCUT2D eigenvalue weighted by atomic mass is 10.0. The largest absolute Gasteiger partial charge is 0.444 e. The van der Waals surface area contributed by atoms with Gasteiger partial charge in [-0.3, -0.25) is 4.90 Å². The number of ether oxygens (including phenoxy) is 3. The van der Waals surface area contributed by atoms with Crippen molar-refractivity contribution < 1.29 is 19.0 Å². The summed E-state index contributed by atoms with van der Waals surface area (Å²) in [5.41, 5.74) is 0.420. The number of hydrogen-bond donors (Lipinski definition) is 0. The zero-order chi connectivity index (χ0) is 19.3. The molecule has 0 saturated carbocycles. The van der Waals surface area contributed by atoms with Crippen molar-refractivity contribution in [2.24, 2.45) is 0 Å². The molecule has 1 aromatic carbocycles. The summed E-state index contributed by atoms with van der Waals surface area (Å²) in [5.74, 6) is 0. The van der Waals surface area contributed by atoms with E-state index in [1.54, 1.807) is 4.90 Å². The van der Waals surface area contributed by atoms with Gasteiger partial charge in [0.2, 0.25) is 0 Å². The zero-order valence-corrected chi connectivity index (χ0v) is 16.8. The SMILES string of the molecule is CC(C)(C)OC(=O)N1CCOCCOC2(CCN(Cc3ccccc3)C2)C1. The Morgan fingerprint density at radius 1 is 1.11 bits per heavy atom. The van der Waals surface area contributed by atoms with E-state index >= 15 is 0 Å². The minimum Gasteiger partial charge on any atom is -0.444 e. The summed E-state index contributed by atoms with van der Waals surface area (Å²) >= 11 is 0. The van der Waals surface area contributed by atoms with E-state index < -0.39 is 5.60 Å². The fourth-order valence-corrected chi connectivity index (χ4v) is 3.70. The Kier molecular flexibility index (Phi) is 6.40. The number of likely N-dealkylation sites (tertiary alicyclic amines) is 1. The molecule has 6 nitrogen and oxygen atoms in total. The van der Waals surface area contributed by atoms with Crippen molar-refractivity contribution in [3.05, 3.63) is 35.9 Å². The summed E-state index contributed by atoms with van der Waals surface area (Å²) in [6.45, 7) is 11.0. The highest BCUT2D eigenvalue weighted by Gasteiger charge is 2.42. The van der Waals surface area contributed by atoms with Crippen LogP contribution in [0.1, 0.15) is 32.8 Å². The molecule has 2 aliphatic heterocycles. The summed E-state index contributed by atoms with van der Waals surface area (Å²) in [7, 11) is 0. The highest BCUT2D eigenvalue weighted by Crippen LogP contribution is 2.29. The fraction of sp³-hybridized carbons (Fsp3) is 0.667. The first kappa shape index (κ1) is 20.1. The summed E-state index contributed by atoms with van der Waals surface area (Å²) in [6, 6.07) is 10.5. The second-order valence-electron chi connectivity index (χ2n) is 8.49. The first-order valence-corrected chi connectivity index (χ1v) is 9.81. The maximum atomic E-state index is 12.7. The van der Waals surface area contributed by atoms with E-state index in [1.807, 2.05) is 26.8 Å². The van der Waals surface area contributed by atoms with Crippen molar-refractivity contribution >= 4 is 6.09 Å². The van der Waals surface area contributed by atoms with Crippen LogP contribution in [-0.2, 0) is 20.8 Å². The number of hydrogen-bond acceptors (Lipinski definition) is 5. The average Bonchev–Trinajstić information content (AvgIpc) is 3.03. The average molecular weight is 376 g/mol. The van der Waals surface area contributed by atoms with Crippen molar-refractivity contribution in [2.75, 3.05) is 46.0 Å². The van der Waals surface area contributed by atoms with Crippen LogP contribution in [0.4, 0.5) is 4.79 Å². The molecular formula is C21H32N2O4. The third-order valence-electron chi connectivity index (χ3n) is 4.92. The van der Waals surface area contributed by atoms with E-state index in [0.29, 0.717) is 32.9 Å². The van der Waals surface area contributed by atoms with E-state index in [0.717, 1.165) is 26.1 Å². The third kappa shape index (κ3) is 5.92. The van der Waals surface area contributed by atoms with Crippen LogP contribution < -0.4 is 0 Å². The lowest BCUT2D eigenvalue weighted by molar-refractivity contribution is -0.0645. The molecule has 0 N–H and O–H groups in total. The monoisotopic (exact) mass is 376 g/mol. The minimum absolute atomic E-state index is 0.294. The smallest absolute Gasteiger partial charge is 0.410 e. The summed E-state index contributed by atoms with van der Waals surface area (Å²) < 4.78 is 17.5. The maximum absolute atomic E-state index is 12.7. The van der Waals surface area contributed by atoms with Gasteiger partial charge in [0, 0.05) is 26.2 Å². The van der Waals surface area contributed by atoms with Gasteiger partial charge in [-0.15, -0.1) is 0 Å². The van der Waals surface area contributed by atoms with Crippen LogP contribution in [0.5, 0.6) is 0 Å². The number of benzene rings is 1. The lowest BCUT2D eigenvalue weighted by Gasteiger charge is -2.35. The normalized spacial score (nSPS) is 25.1. The van der Waals surface area contributed by atoms with Crippen LogP contribution >= 0.6 is 0 Å². The molecule has 0 aromatic heterocycles. The lowest BCUT2D eigenvalue weighted by Crippen LogP contribution is -2.50. The van der Waals surface area contributed by atoms with E-state index in [-0.39, 0.29) is 11.7 Å². The number of carbonyl (C=O) groups excluding carboxylic acids is 1. The standard InChI is InChI=1S/C21H32N2O4/c1-20(2,3)27-19(24)23-11-12-25-13-14-26-21(17-23)9-10-22(16-21)15-18-7-5-4-6-8-18/h4-8H,9-17H2,1-3H3. The van der Waals surface area contributed by atoms with Gasteiger partial charge in [-0.25, -0.2) is 4.79 Å². The molecule has 27 heavy (non-hydrogen) atoms. The van der Waals surface area contributed by atoms with Crippen molar-refractivity contribution in [2.45, 2.75) is 44.9 Å². The Morgan fingerprint density at radius 3 is 2.63 bits per heavy atom. The van der Waals surface area contributed by atoms with Crippen LogP contribution in [0.25, 0.3) is 0 Å². The van der Waals surface area contributed by atoms with Gasteiger partial charge in [0.05, 0.1) is 32.0 Å². The Balaban J connectivity index is 1.68. The molecule has 1 amide bonds. The summed E-state index contributed by atoms with van der Waals surface area (Å²) in [5, 5.41) is 0. The molecule has 0 bridgehead atoms. The van der Waals surface area contributed by atoms with E-state index in [1.165, 1.54) is 5.56 Å². The van der Waals surface area contributed by atoms with Gasteiger partial charge in [-0.1, -0.05) is 30.3 Å². The van der Waals surface area contributed by atoms with Gasteiger partial charge >= 0.3 is 6.09 Å². The van der Waals surface area contributed by atoms with Crippen molar-refractivity contribution in [1.29, 1.82) is 0 Å². The summed E-state index contributed by atoms with van der Waals surface area (Å²) in [4.78, 5) is 16.8. The molecule has 2 saturated heterocycles. The van der Waals surface area contributed by atoms with Crippen LogP contribution in [-0.4, -0.2) is 73.1 Å². The topological polar surface area (TPSA) is 51.2 Å². The Labute approximate surface area is 162 Å². The van der Waals surface area contributed by atoms with E-state index in [9.17, 15) is 4.79 Å². The number of carbonyl (C=O) groups is 1. The number of rotatable bonds is 2. The molecule has 1 atom stereocenters. The van der Waals surface area contributed by atoms with Crippen molar-refractivity contribution in [3.8, 4) is 0 Å². The molecule has 150 valence electrons. The van der Waals surface area contributed by atoms with E-state index in [4.69, 9.17) is 14.2 Å². The molecule has 3 rings (SSSR count). The molecule has 2 aliphatic rings. The summed E-state index contributed by atoms with van der Waals surface area (Å²) in [6.07, 6.45) is 0.608.